The zero-order valence-electron chi connectivity index (χ0n) is 15.0. The molecule has 1 aliphatic carbocycles. The molecule has 0 aromatic carbocycles. The van der Waals surface area contributed by atoms with Crippen molar-refractivity contribution in [2.24, 2.45) is 7.05 Å². The molecule has 0 aliphatic heterocycles. The van der Waals surface area contributed by atoms with Crippen molar-refractivity contribution in [3.05, 3.63) is 33.0 Å². The minimum absolute atomic E-state index is 0.118. The minimum Gasteiger partial charge on any atom is -0.344 e. The number of hydrogen-bond donors (Lipinski definition) is 1. The number of rotatable bonds is 5. The summed E-state index contributed by atoms with van der Waals surface area (Å²) in [6.45, 7) is 6.08. The normalized spacial score (nSPS) is 16.5. The molecule has 2 heterocycles. The molecule has 1 aliphatic rings. The molecule has 0 spiro atoms. The summed E-state index contributed by atoms with van der Waals surface area (Å²) in [5.41, 5.74) is 4.16. The third kappa shape index (κ3) is 3.24. The second-order valence-corrected chi connectivity index (χ2v) is 7.76. The van der Waals surface area contributed by atoms with Gasteiger partial charge in [-0.3, -0.25) is 9.48 Å². The van der Waals surface area contributed by atoms with Gasteiger partial charge in [0.1, 0.15) is 5.01 Å². The summed E-state index contributed by atoms with van der Waals surface area (Å²) in [6, 6.07) is 0. The molecule has 0 radical (unpaired) electrons. The lowest BCUT2D eigenvalue weighted by Gasteiger charge is -2.28. The first kappa shape index (κ1) is 17.1. The molecule has 3 rings (SSSR count). The summed E-state index contributed by atoms with van der Waals surface area (Å²) < 4.78 is 1.89. The zero-order chi connectivity index (χ0) is 17.3. The van der Waals surface area contributed by atoms with Gasteiger partial charge in [-0.15, -0.1) is 11.3 Å². The van der Waals surface area contributed by atoms with Gasteiger partial charge in [-0.2, -0.15) is 5.10 Å². The molecule has 1 saturated carbocycles. The van der Waals surface area contributed by atoms with E-state index in [1.54, 1.807) is 11.3 Å². The summed E-state index contributed by atoms with van der Waals surface area (Å²) >= 11 is 1.67. The molecule has 2 aromatic heterocycles. The quantitative estimate of drug-likeness (QED) is 0.903. The van der Waals surface area contributed by atoms with Gasteiger partial charge < -0.3 is 5.32 Å². The van der Waals surface area contributed by atoms with Crippen molar-refractivity contribution in [1.29, 1.82) is 0 Å². The van der Waals surface area contributed by atoms with Crippen LogP contribution in [0.15, 0.2) is 5.38 Å². The summed E-state index contributed by atoms with van der Waals surface area (Å²) in [5, 5.41) is 10.9. The van der Waals surface area contributed by atoms with Crippen LogP contribution in [0.5, 0.6) is 0 Å². The second kappa shape index (κ2) is 6.67. The number of nitrogens with one attached hydrogen (secondary N) is 1. The van der Waals surface area contributed by atoms with Gasteiger partial charge >= 0.3 is 0 Å². The highest BCUT2D eigenvalue weighted by atomic mass is 32.1. The van der Waals surface area contributed by atoms with E-state index in [9.17, 15) is 4.79 Å². The predicted octanol–water partition coefficient (Wildman–Crippen LogP) is 3.32. The Balaban J connectivity index is 1.68. The molecule has 0 unspecified atom stereocenters. The number of hydrogen-bond acceptors (Lipinski definition) is 4. The Bertz CT molecular complexity index is 740. The van der Waals surface area contributed by atoms with Crippen molar-refractivity contribution in [3.8, 4) is 0 Å². The van der Waals surface area contributed by atoms with Crippen LogP contribution in [0.3, 0.4) is 0 Å². The maximum absolute atomic E-state index is 12.6. The number of aryl methyl sites for hydroxylation is 3. The maximum Gasteiger partial charge on any atom is 0.221 e. The highest BCUT2D eigenvalue weighted by Gasteiger charge is 2.39. The van der Waals surface area contributed by atoms with Crippen LogP contribution in [-0.2, 0) is 23.8 Å². The molecule has 0 bridgehead atoms. The van der Waals surface area contributed by atoms with Crippen molar-refractivity contribution >= 4 is 17.2 Å². The van der Waals surface area contributed by atoms with Crippen molar-refractivity contribution in [2.45, 2.75) is 64.8 Å². The van der Waals surface area contributed by atoms with Crippen LogP contribution in [0.2, 0.25) is 0 Å². The van der Waals surface area contributed by atoms with E-state index in [-0.39, 0.29) is 11.4 Å². The minimum atomic E-state index is -0.241. The predicted molar refractivity (Wildman–Crippen MR) is 96.1 cm³/mol. The van der Waals surface area contributed by atoms with E-state index in [2.05, 4.69) is 27.7 Å². The van der Waals surface area contributed by atoms with Crippen molar-refractivity contribution in [3.63, 3.8) is 0 Å². The summed E-state index contributed by atoms with van der Waals surface area (Å²) in [6.07, 6.45) is 5.54. The van der Waals surface area contributed by atoms with E-state index in [4.69, 9.17) is 0 Å². The molecule has 6 heteroatoms. The van der Waals surface area contributed by atoms with E-state index in [0.29, 0.717) is 6.42 Å². The molecule has 0 saturated heterocycles. The first-order chi connectivity index (χ1) is 11.4. The van der Waals surface area contributed by atoms with Gasteiger partial charge in [0.2, 0.25) is 5.91 Å². The first-order valence-electron chi connectivity index (χ1n) is 8.64. The lowest BCUT2D eigenvalue weighted by molar-refractivity contribution is -0.123. The van der Waals surface area contributed by atoms with Gasteiger partial charge in [-0.05, 0) is 45.6 Å². The third-order valence-electron chi connectivity index (χ3n) is 5.13. The SMILES string of the molecule is Cc1csc(C2(NC(=O)CCc3c(C)nn(C)c3C)CCCC2)n1. The van der Waals surface area contributed by atoms with Crippen molar-refractivity contribution < 1.29 is 4.79 Å². The van der Waals surface area contributed by atoms with Crippen LogP contribution in [0.1, 0.15) is 59.8 Å². The van der Waals surface area contributed by atoms with Gasteiger partial charge in [0, 0.05) is 30.2 Å². The van der Waals surface area contributed by atoms with E-state index in [1.165, 1.54) is 5.56 Å². The van der Waals surface area contributed by atoms with Crippen LogP contribution in [0.4, 0.5) is 0 Å². The summed E-state index contributed by atoms with van der Waals surface area (Å²) in [7, 11) is 1.95. The lowest BCUT2D eigenvalue weighted by atomic mass is 9.97. The van der Waals surface area contributed by atoms with E-state index < -0.39 is 0 Å². The second-order valence-electron chi connectivity index (χ2n) is 6.90. The number of carbonyl (C=O) groups excluding carboxylic acids is 1. The summed E-state index contributed by atoms with van der Waals surface area (Å²) in [5.74, 6) is 0.118. The van der Waals surface area contributed by atoms with E-state index in [0.717, 1.165) is 54.2 Å². The van der Waals surface area contributed by atoms with E-state index >= 15 is 0 Å². The number of thiazole rings is 1. The smallest absolute Gasteiger partial charge is 0.221 e. The van der Waals surface area contributed by atoms with Gasteiger partial charge in [0.25, 0.3) is 0 Å². The Morgan fingerprint density at radius 2 is 2.04 bits per heavy atom. The van der Waals surface area contributed by atoms with Gasteiger partial charge in [-0.25, -0.2) is 4.98 Å². The maximum atomic E-state index is 12.6. The Morgan fingerprint density at radius 1 is 1.33 bits per heavy atom. The standard InChI is InChI=1S/C18H26N4OS/c1-12-11-24-17(19-12)18(9-5-6-10-18)20-16(23)8-7-15-13(2)21-22(4)14(15)3/h11H,5-10H2,1-4H3,(H,20,23). The van der Waals surface area contributed by atoms with Gasteiger partial charge in [0.05, 0.1) is 11.2 Å². The molecule has 130 valence electrons. The van der Waals surface area contributed by atoms with Crippen LogP contribution in [0.25, 0.3) is 0 Å². The first-order valence-corrected chi connectivity index (χ1v) is 9.52. The van der Waals surface area contributed by atoms with Crippen molar-refractivity contribution in [1.82, 2.24) is 20.1 Å². The van der Waals surface area contributed by atoms with Crippen LogP contribution >= 0.6 is 11.3 Å². The molecular weight excluding hydrogens is 320 g/mol. The Labute approximate surface area is 147 Å². The number of carbonyl (C=O) groups is 1. The average molecular weight is 347 g/mol. The number of amides is 1. The third-order valence-corrected chi connectivity index (χ3v) is 6.29. The fraction of sp³-hybridized carbons (Fsp3) is 0.611. The monoisotopic (exact) mass is 346 g/mol. The highest BCUT2D eigenvalue weighted by molar-refractivity contribution is 7.09. The summed E-state index contributed by atoms with van der Waals surface area (Å²) in [4.78, 5) is 17.3. The van der Waals surface area contributed by atoms with Crippen LogP contribution < -0.4 is 5.32 Å². The van der Waals surface area contributed by atoms with Gasteiger partial charge in [-0.1, -0.05) is 12.8 Å². The molecule has 0 atom stereocenters. The molecular formula is C18H26N4OS. The molecule has 1 N–H and O–H groups in total. The lowest BCUT2D eigenvalue weighted by Crippen LogP contribution is -2.43. The number of nitrogens with zero attached hydrogens (tertiary/aromatic N) is 3. The largest absolute Gasteiger partial charge is 0.344 e. The van der Waals surface area contributed by atoms with Crippen LogP contribution in [-0.4, -0.2) is 20.7 Å². The van der Waals surface area contributed by atoms with Crippen LogP contribution in [0, 0.1) is 20.8 Å². The highest BCUT2D eigenvalue weighted by Crippen LogP contribution is 2.40. The fourth-order valence-electron chi connectivity index (χ4n) is 3.69. The molecule has 1 fully saturated rings. The Kier molecular flexibility index (Phi) is 4.76. The average Bonchev–Trinajstić information content (AvgIpc) is 3.21. The topological polar surface area (TPSA) is 59.8 Å². The Morgan fingerprint density at radius 3 is 2.58 bits per heavy atom. The Hall–Kier alpha value is -1.69. The molecule has 2 aromatic rings. The molecule has 1 amide bonds. The van der Waals surface area contributed by atoms with E-state index in [1.807, 2.05) is 25.6 Å². The van der Waals surface area contributed by atoms with Crippen molar-refractivity contribution in [2.75, 3.05) is 0 Å². The fourth-order valence-corrected chi connectivity index (χ4v) is 4.70. The van der Waals surface area contributed by atoms with Gasteiger partial charge in [0.15, 0.2) is 0 Å². The number of aromatic nitrogens is 3. The molecule has 24 heavy (non-hydrogen) atoms. The molecule has 5 nitrogen and oxygen atoms in total. The zero-order valence-corrected chi connectivity index (χ0v) is 15.8.